The van der Waals surface area contributed by atoms with Crippen LogP contribution in [0.15, 0.2) is 0 Å². The van der Waals surface area contributed by atoms with Crippen molar-refractivity contribution < 1.29 is 24.5 Å². The standard InChI is InChI=1S/C16H28N2O5/c19-11-14-13(5-4-12(23-14)10-16(21)22)17-15(20)6-9-18-7-2-1-3-8-18/h12-14,19H,1-11H2,(H,17,20)(H,21,22)/t12-,13-,14-/m0/s1. The molecule has 1 amide bonds. The van der Waals surface area contributed by atoms with Crippen LogP contribution in [0.2, 0.25) is 0 Å². The molecule has 2 rings (SSSR count). The molecular formula is C16H28N2O5. The summed E-state index contributed by atoms with van der Waals surface area (Å²) in [5.41, 5.74) is 0. The molecule has 0 unspecified atom stereocenters. The van der Waals surface area contributed by atoms with E-state index in [0.29, 0.717) is 19.3 Å². The van der Waals surface area contributed by atoms with Gasteiger partial charge in [-0.15, -0.1) is 0 Å². The maximum Gasteiger partial charge on any atom is 0.305 e. The lowest BCUT2D eigenvalue weighted by Gasteiger charge is -2.35. The number of amides is 1. The van der Waals surface area contributed by atoms with Crippen molar-refractivity contribution in [3.8, 4) is 0 Å². The molecule has 0 saturated carbocycles. The number of hydrogen-bond donors (Lipinski definition) is 3. The Bertz CT molecular complexity index is 398. The summed E-state index contributed by atoms with van der Waals surface area (Å²) in [5.74, 6) is -0.935. The van der Waals surface area contributed by atoms with E-state index >= 15 is 0 Å². The summed E-state index contributed by atoms with van der Waals surface area (Å²) >= 11 is 0. The number of rotatable bonds is 7. The van der Waals surface area contributed by atoms with Crippen molar-refractivity contribution in [1.29, 1.82) is 0 Å². The average molecular weight is 328 g/mol. The maximum atomic E-state index is 12.1. The zero-order valence-corrected chi connectivity index (χ0v) is 13.6. The van der Waals surface area contributed by atoms with Gasteiger partial charge in [0.05, 0.1) is 25.2 Å². The quantitative estimate of drug-likeness (QED) is 0.624. The lowest BCUT2D eigenvalue weighted by Crippen LogP contribution is -2.51. The monoisotopic (exact) mass is 328 g/mol. The lowest BCUT2D eigenvalue weighted by molar-refractivity contribution is -0.147. The van der Waals surface area contributed by atoms with E-state index in [0.717, 1.165) is 19.6 Å². The molecule has 2 saturated heterocycles. The highest BCUT2D eigenvalue weighted by Crippen LogP contribution is 2.22. The van der Waals surface area contributed by atoms with Crippen molar-refractivity contribution in [1.82, 2.24) is 10.2 Å². The SMILES string of the molecule is O=C(O)C[C@@H]1CC[C@H](NC(=O)CCN2CCCCC2)[C@H](CO)O1. The molecule has 0 aromatic heterocycles. The highest BCUT2D eigenvalue weighted by molar-refractivity contribution is 5.76. The van der Waals surface area contributed by atoms with E-state index in [-0.39, 0.29) is 31.1 Å². The fraction of sp³-hybridized carbons (Fsp3) is 0.875. The van der Waals surface area contributed by atoms with Gasteiger partial charge in [-0.25, -0.2) is 0 Å². The van der Waals surface area contributed by atoms with Crippen molar-refractivity contribution in [3.63, 3.8) is 0 Å². The predicted molar refractivity (Wildman–Crippen MR) is 84.1 cm³/mol. The van der Waals surface area contributed by atoms with Crippen LogP contribution in [0.1, 0.15) is 44.9 Å². The number of carboxylic acids is 1. The number of nitrogens with one attached hydrogen (secondary N) is 1. The Balaban J connectivity index is 1.72. The number of aliphatic hydroxyl groups excluding tert-OH is 1. The second kappa shape index (κ2) is 9.20. The molecule has 0 aliphatic carbocycles. The molecule has 3 N–H and O–H groups in total. The van der Waals surface area contributed by atoms with Crippen LogP contribution >= 0.6 is 0 Å². The number of carbonyl (C=O) groups excluding carboxylic acids is 1. The summed E-state index contributed by atoms with van der Waals surface area (Å²) in [7, 11) is 0. The summed E-state index contributed by atoms with van der Waals surface area (Å²) in [6.45, 7) is 2.68. The van der Waals surface area contributed by atoms with Crippen molar-refractivity contribution in [2.45, 2.75) is 63.2 Å². The van der Waals surface area contributed by atoms with Crippen molar-refractivity contribution in [3.05, 3.63) is 0 Å². The Hall–Kier alpha value is -1.18. The van der Waals surface area contributed by atoms with Crippen LogP contribution in [0.3, 0.4) is 0 Å². The molecule has 2 aliphatic heterocycles. The second-order valence-corrected chi connectivity index (χ2v) is 6.48. The van der Waals surface area contributed by atoms with Gasteiger partial charge in [-0.05, 0) is 38.8 Å². The van der Waals surface area contributed by atoms with Gasteiger partial charge in [0.25, 0.3) is 0 Å². The number of carbonyl (C=O) groups is 2. The predicted octanol–water partition coefficient (Wildman–Crippen LogP) is 0.362. The van der Waals surface area contributed by atoms with E-state index in [2.05, 4.69) is 10.2 Å². The molecule has 132 valence electrons. The Morgan fingerprint density at radius 3 is 2.57 bits per heavy atom. The number of aliphatic carboxylic acids is 1. The number of piperidine rings is 1. The summed E-state index contributed by atoms with van der Waals surface area (Å²) in [6.07, 6.45) is 4.39. The third kappa shape index (κ3) is 6.08. The molecule has 2 aliphatic rings. The Kier molecular flexibility index (Phi) is 7.26. The number of nitrogens with zero attached hydrogens (tertiary/aromatic N) is 1. The summed E-state index contributed by atoms with van der Waals surface area (Å²) in [6, 6.07) is -0.237. The minimum Gasteiger partial charge on any atom is -0.481 e. The number of ether oxygens (including phenoxy) is 1. The summed E-state index contributed by atoms with van der Waals surface area (Å²) < 4.78 is 5.60. The van der Waals surface area contributed by atoms with Crippen molar-refractivity contribution in [2.75, 3.05) is 26.2 Å². The molecule has 23 heavy (non-hydrogen) atoms. The Morgan fingerprint density at radius 2 is 1.91 bits per heavy atom. The van der Waals surface area contributed by atoms with Gasteiger partial charge in [0.1, 0.15) is 6.10 Å². The molecule has 7 nitrogen and oxygen atoms in total. The van der Waals surface area contributed by atoms with Gasteiger partial charge >= 0.3 is 5.97 Å². The number of aliphatic hydroxyl groups is 1. The van der Waals surface area contributed by atoms with Crippen molar-refractivity contribution in [2.24, 2.45) is 0 Å². The summed E-state index contributed by atoms with van der Waals surface area (Å²) in [5, 5.41) is 21.2. The molecule has 0 radical (unpaired) electrons. The molecular weight excluding hydrogens is 300 g/mol. The minimum atomic E-state index is -0.907. The average Bonchev–Trinajstić information content (AvgIpc) is 2.55. The van der Waals surface area contributed by atoms with Gasteiger partial charge in [0.15, 0.2) is 0 Å². The van der Waals surface area contributed by atoms with E-state index in [9.17, 15) is 14.7 Å². The van der Waals surface area contributed by atoms with E-state index in [4.69, 9.17) is 9.84 Å². The van der Waals surface area contributed by atoms with Gasteiger partial charge in [-0.3, -0.25) is 9.59 Å². The molecule has 0 aromatic rings. The third-order valence-corrected chi connectivity index (χ3v) is 4.65. The zero-order chi connectivity index (χ0) is 16.7. The first-order valence-electron chi connectivity index (χ1n) is 8.58. The van der Waals surface area contributed by atoms with Gasteiger partial charge in [0, 0.05) is 13.0 Å². The summed E-state index contributed by atoms with van der Waals surface area (Å²) in [4.78, 5) is 25.2. The first-order valence-corrected chi connectivity index (χ1v) is 8.58. The Morgan fingerprint density at radius 1 is 1.17 bits per heavy atom. The first-order chi connectivity index (χ1) is 11.1. The molecule has 0 aromatic carbocycles. The van der Waals surface area contributed by atoms with Crippen LogP contribution in [0.4, 0.5) is 0 Å². The van der Waals surface area contributed by atoms with Crippen LogP contribution in [0.5, 0.6) is 0 Å². The van der Waals surface area contributed by atoms with Gasteiger partial charge in [-0.2, -0.15) is 0 Å². The van der Waals surface area contributed by atoms with E-state index in [1.54, 1.807) is 0 Å². The van der Waals surface area contributed by atoms with Crippen molar-refractivity contribution >= 4 is 11.9 Å². The first kappa shape index (κ1) is 18.2. The van der Waals surface area contributed by atoms with E-state index in [1.165, 1.54) is 19.3 Å². The maximum absolute atomic E-state index is 12.1. The number of carboxylic acid groups (broad SMARTS) is 1. The minimum absolute atomic E-state index is 0.0284. The van der Waals surface area contributed by atoms with Crippen LogP contribution in [0.25, 0.3) is 0 Å². The molecule has 7 heteroatoms. The van der Waals surface area contributed by atoms with Gasteiger partial charge in [-0.1, -0.05) is 6.42 Å². The fourth-order valence-electron chi connectivity index (χ4n) is 3.36. The Labute approximate surface area is 137 Å². The smallest absolute Gasteiger partial charge is 0.305 e. The third-order valence-electron chi connectivity index (χ3n) is 4.65. The largest absolute Gasteiger partial charge is 0.481 e. The fourth-order valence-corrected chi connectivity index (χ4v) is 3.36. The molecule has 2 fully saturated rings. The van der Waals surface area contributed by atoms with Gasteiger partial charge < -0.3 is 25.2 Å². The van der Waals surface area contributed by atoms with Crippen LogP contribution in [-0.2, 0) is 14.3 Å². The highest BCUT2D eigenvalue weighted by Gasteiger charge is 2.32. The zero-order valence-electron chi connectivity index (χ0n) is 13.6. The lowest BCUT2D eigenvalue weighted by atomic mass is 9.97. The van der Waals surface area contributed by atoms with E-state index < -0.39 is 12.1 Å². The van der Waals surface area contributed by atoms with Crippen LogP contribution in [0, 0.1) is 0 Å². The van der Waals surface area contributed by atoms with Crippen LogP contribution in [-0.4, -0.2) is 71.5 Å². The second-order valence-electron chi connectivity index (χ2n) is 6.48. The molecule has 0 spiro atoms. The highest BCUT2D eigenvalue weighted by atomic mass is 16.5. The molecule has 2 heterocycles. The van der Waals surface area contributed by atoms with Crippen LogP contribution < -0.4 is 5.32 Å². The van der Waals surface area contributed by atoms with Gasteiger partial charge in [0.2, 0.25) is 5.91 Å². The molecule has 0 bridgehead atoms. The number of likely N-dealkylation sites (tertiary alicyclic amines) is 1. The molecule has 3 atom stereocenters. The number of hydrogen-bond acceptors (Lipinski definition) is 5. The van der Waals surface area contributed by atoms with E-state index in [1.807, 2.05) is 0 Å². The topological polar surface area (TPSA) is 99.1 Å². The normalized spacial score (nSPS) is 29.2.